The Morgan fingerprint density at radius 3 is 2.39 bits per heavy atom. The minimum absolute atomic E-state index is 0.0960. The van der Waals surface area contributed by atoms with E-state index in [9.17, 15) is 8.78 Å². The minimum atomic E-state index is -0.759. The molecule has 0 radical (unpaired) electrons. The van der Waals surface area contributed by atoms with E-state index in [1.807, 2.05) is 0 Å². The molecule has 2 nitrogen and oxygen atoms in total. The molecule has 0 saturated carbocycles. The molecule has 0 bridgehead atoms. The maximum atomic E-state index is 13.4. The Kier molecular flexibility index (Phi) is 6.22. The molecule has 18 heavy (non-hydrogen) atoms. The zero-order valence-corrected chi connectivity index (χ0v) is 11.0. The van der Waals surface area contributed by atoms with E-state index in [0.29, 0.717) is 12.5 Å². The van der Waals surface area contributed by atoms with E-state index < -0.39 is 17.7 Å². The van der Waals surface area contributed by atoms with Gasteiger partial charge >= 0.3 is 0 Å². The highest BCUT2D eigenvalue weighted by Crippen LogP contribution is 2.19. The summed E-state index contributed by atoms with van der Waals surface area (Å²) in [5.41, 5.74) is 5.64. The lowest BCUT2D eigenvalue weighted by molar-refractivity contribution is 0.113. The van der Waals surface area contributed by atoms with Crippen LogP contribution >= 0.6 is 0 Å². The van der Waals surface area contributed by atoms with Crippen LogP contribution in [0.3, 0.4) is 0 Å². The fourth-order valence-electron chi connectivity index (χ4n) is 1.75. The van der Waals surface area contributed by atoms with Gasteiger partial charge < -0.3 is 10.5 Å². The molecule has 4 heteroatoms. The Morgan fingerprint density at radius 2 is 1.83 bits per heavy atom. The fraction of sp³-hybridized carbons (Fsp3) is 0.571. The van der Waals surface area contributed by atoms with Gasteiger partial charge in [-0.05, 0) is 30.9 Å². The van der Waals surface area contributed by atoms with Crippen molar-refractivity contribution in [2.75, 3.05) is 13.2 Å². The third-order valence-corrected chi connectivity index (χ3v) is 2.74. The molecular formula is C14H21F2NO. The third kappa shape index (κ3) is 4.70. The largest absolute Gasteiger partial charge is 0.379 e. The highest BCUT2D eigenvalue weighted by Gasteiger charge is 2.16. The van der Waals surface area contributed by atoms with Gasteiger partial charge in [-0.1, -0.05) is 19.9 Å². The molecule has 2 N–H and O–H groups in total. The van der Waals surface area contributed by atoms with E-state index in [1.54, 1.807) is 0 Å². The van der Waals surface area contributed by atoms with E-state index in [2.05, 4.69) is 13.8 Å². The summed E-state index contributed by atoms with van der Waals surface area (Å²) in [6.45, 7) is 4.98. The molecule has 0 amide bonds. The van der Waals surface area contributed by atoms with E-state index >= 15 is 0 Å². The summed E-state index contributed by atoms with van der Waals surface area (Å²) in [6.07, 6.45) is 2.01. The first kappa shape index (κ1) is 15.1. The van der Waals surface area contributed by atoms with Gasteiger partial charge in [0.1, 0.15) is 11.6 Å². The molecule has 1 aromatic rings. The van der Waals surface area contributed by atoms with Crippen LogP contribution in [-0.2, 0) is 4.74 Å². The summed E-state index contributed by atoms with van der Waals surface area (Å²) in [7, 11) is 0. The zero-order chi connectivity index (χ0) is 13.5. The molecule has 0 aliphatic rings. The van der Waals surface area contributed by atoms with Gasteiger partial charge in [-0.15, -0.1) is 0 Å². The van der Waals surface area contributed by atoms with Gasteiger partial charge in [-0.2, -0.15) is 0 Å². The molecule has 0 spiro atoms. The highest BCUT2D eigenvalue weighted by molar-refractivity contribution is 5.22. The topological polar surface area (TPSA) is 35.2 Å². The van der Waals surface area contributed by atoms with E-state index in [0.717, 1.165) is 12.8 Å². The SMILES string of the molecule is CC(C)CCCOCC(N)c1c(F)cccc1F. The zero-order valence-electron chi connectivity index (χ0n) is 11.0. The summed E-state index contributed by atoms with van der Waals surface area (Å²) in [5, 5.41) is 0. The molecule has 102 valence electrons. The van der Waals surface area contributed by atoms with Crippen molar-refractivity contribution < 1.29 is 13.5 Å². The van der Waals surface area contributed by atoms with Crippen molar-refractivity contribution in [2.45, 2.75) is 32.7 Å². The second kappa shape index (κ2) is 7.44. The molecule has 1 atom stereocenters. The predicted octanol–water partition coefficient (Wildman–Crippen LogP) is 3.42. The molecule has 1 rings (SSSR count). The minimum Gasteiger partial charge on any atom is -0.379 e. The quantitative estimate of drug-likeness (QED) is 0.760. The van der Waals surface area contributed by atoms with Gasteiger partial charge in [0.25, 0.3) is 0 Å². The van der Waals surface area contributed by atoms with Crippen molar-refractivity contribution in [3.05, 3.63) is 35.4 Å². The smallest absolute Gasteiger partial charge is 0.130 e. The van der Waals surface area contributed by atoms with Gasteiger partial charge in [0.2, 0.25) is 0 Å². The third-order valence-electron chi connectivity index (χ3n) is 2.74. The van der Waals surface area contributed by atoms with E-state index in [1.165, 1.54) is 18.2 Å². The molecular weight excluding hydrogens is 236 g/mol. The predicted molar refractivity (Wildman–Crippen MR) is 68.2 cm³/mol. The number of hydrogen-bond acceptors (Lipinski definition) is 2. The van der Waals surface area contributed by atoms with Gasteiger partial charge in [0.05, 0.1) is 12.6 Å². The summed E-state index contributed by atoms with van der Waals surface area (Å²) in [5.74, 6) is -0.604. The second-order valence-electron chi connectivity index (χ2n) is 4.85. The number of benzene rings is 1. The molecule has 0 aliphatic heterocycles. The van der Waals surface area contributed by atoms with Crippen molar-refractivity contribution in [1.82, 2.24) is 0 Å². The number of hydrogen-bond donors (Lipinski definition) is 1. The van der Waals surface area contributed by atoms with Crippen molar-refractivity contribution in [2.24, 2.45) is 11.7 Å². The maximum Gasteiger partial charge on any atom is 0.130 e. The van der Waals surface area contributed by atoms with Crippen LogP contribution in [-0.4, -0.2) is 13.2 Å². The first-order valence-electron chi connectivity index (χ1n) is 6.29. The molecule has 1 unspecified atom stereocenters. The van der Waals surface area contributed by atoms with Gasteiger partial charge in [-0.3, -0.25) is 0 Å². The molecule has 0 aliphatic carbocycles. The number of nitrogens with two attached hydrogens (primary N) is 1. The average Bonchev–Trinajstić information content (AvgIpc) is 2.27. The fourth-order valence-corrected chi connectivity index (χ4v) is 1.75. The van der Waals surface area contributed by atoms with Crippen molar-refractivity contribution >= 4 is 0 Å². The first-order valence-corrected chi connectivity index (χ1v) is 6.29. The summed E-state index contributed by atoms with van der Waals surface area (Å²) in [4.78, 5) is 0. The Balaban J connectivity index is 2.39. The second-order valence-corrected chi connectivity index (χ2v) is 4.85. The lowest BCUT2D eigenvalue weighted by Gasteiger charge is -2.14. The summed E-state index contributed by atoms with van der Waals surface area (Å²) >= 11 is 0. The van der Waals surface area contributed by atoms with Crippen LogP contribution in [0.15, 0.2) is 18.2 Å². The molecule has 0 fully saturated rings. The number of halogens is 2. The summed E-state index contributed by atoms with van der Waals surface area (Å²) in [6, 6.07) is 2.98. The number of ether oxygens (including phenoxy) is 1. The molecule has 1 aromatic carbocycles. The van der Waals surface area contributed by atoms with Crippen LogP contribution in [0, 0.1) is 17.6 Å². The maximum absolute atomic E-state index is 13.4. The lowest BCUT2D eigenvalue weighted by atomic mass is 10.1. The van der Waals surface area contributed by atoms with Gasteiger partial charge in [-0.25, -0.2) is 8.78 Å². The highest BCUT2D eigenvalue weighted by atomic mass is 19.1. The average molecular weight is 257 g/mol. The standard InChI is InChI=1S/C14H21F2NO/c1-10(2)5-4-8-18-9-13(17)14-11(15)6-3-7-12(14)16/h3,6-7,10,13H,4-5,8-9,17H2,1-2H3. The normalized spacial score (nSPS) is 13.0. The summed E-state index contributed by atoms with van der Waals surface area (Å²) < 4.78 is 32.2. The molecule has 0 heterocycles. The van der Waals surface area contributed by atoms with Crippen LogP contribution in [0.2, 0.25) is 0 Å². The van der Waals surface area contributed by atoms with Crippen molar-refractivity contribution in [3.8, 4) is 0 Å². The van der Waals surface area contributed by atoms with Crippen LogP contribution in [0.1, 0.15) is 38.3 Å². The van der Waals surface area contributed by atoms with Crippen LogP contribution in [0.5, 0.6) is 0 Å². The monoisotopic (exact) mass is 257 g/mol. The molecule has 0 saturated heterocycles. The van der Waals surface area contributed by atoms with E-state index in [-0.39, 0.29) is 12.2 Å². The Labute approximate surface area is 107 Å². The van der Waals surface area contributed by atoms with E-state index in [4.69, 9.17) is 10.5 Å². The Morgan fingerprint density at radius 1 is 1.22 bits per heavy atom. The van der Waals surface area contributed by atoms with Gasteiger partial charge in [0, 0.05) is 12.2 Å². The Hall–Kier alpha value is -1.00. The Bertz CT molecular complexity index is 349. The van der Waals surface area contributed by atoms with Gasteiger partial charge in [0.15, 0.2) is 0 Å². The number of rotatable bonds is 7. The van der Waals surface area contributed by atoms with Crippen molar-refractivity contribution in [3.63, 3.8) is 0 Å². The first-order chi connectivity index (χ1) is 8.52. The molecule has 0 aromatic heterocycles. The lowest BCUT2D eigenvalue weighted by Crippen LogP contribution is -2.20. The van der Waals surface area contributed by atoms with Crippen LogP contribution in [0.4, 0.5) is 8.78 Å². The van der Waals surface area contributed by atoms with Crippen molar-refractivity contribution in [1.29, 1.82) is 0 Å². The van der Waals surface area contributed by atoms with Crippen LogP contribution < -0.4 is 5.73 Å². The van der Waals surface area contributed by atoms with Crippen LogP contribution in [0.25, 0.3) is 0 Å².